The van der Waals surface area contributed by atoms with Gasteiger partial charge in [0.1, 0.15) is 16.9 Å². The number of aromatic hydroxyl groups is 1. The average Bonchev–Trinajstić information content (AvgIpc) is 2.94. The van der Waals surface area contributed by atoms with E-state index in [2.05, 4.69) is 33.6 Å². The van der Waals surface area contributed by atoms with E-state index in [1.807, 2.05) is 55.5 Å². The number of para-hydroxylation sites is 1. The summed E-state index contributed by atoms with van der Waals surface area (Å²) >= 11 is 2.23. The van der Waals surface area contributed by atoms with Gasteiger partial charge in [-0.2, -0.15) is 0 Å². The van der Waals surface area contributed by atoms with E-state index >= 15 is 0 Å². The number of hydrogen-bond donors (Lipinski definition) is 1. The molecule has 0 aliphatic rings. The van der Waals surface area contributed by atoms with E-state index in [-0.39, 0.29) is 5.75 Å². The smallest absolute Gasteiger partial charge is 0.137 e. The predicted molar refractivity (Wildman–Crippen MR) is 107 cm³/mol. The molecule has 3 nitrogen and oxygen atoms in total. The minimum atomic E-state index is 0.268. The molecular weight excluding hydrogens is 413 g/mol. The second-order valence-electron chi connectivity index (χ2n) is 5.70. The van der Waals surface area contributed by atoms with Gasteiger partial charge in [-0.1, -0.05) is 18.2 Å². The fourth-order valence-electron chi connectivity index (χ4n) is 2.80. The van der Waals surface area contributed by atoms with Crippen LogP contribution < -0.4 is 0 Å². The van der Waals surface area contributed by atoms with Crippen molar-refractivity contribution in [1.29, 1.82) is 0 Å². The van der Waals surface area contributed by atoms with Crippen LogP contribution in [0.2, 0.25) is 0 Å². The zero-order valence-corrected chi connectivity index (χ0v) is 15.1. The van der Waals surface area contributed by atoms with Crippen LogP contribution in [0.1, 0.15) is 11.1 Å². The number of hydrogen-bond acceptors (Lipinski definition) is 3. The molecule has 0 saturated heterocycles. The van der Waals surface area contributed by atoms with E-state index in [0.717, 1.165) is 36.8 Å². The molecule has 0 radical (unpaired) electrons. The second-order valence-corrected chi connectivity index (χ2v) is 6.94. The molecule has 1 N–H and O–H groups in total. The molecule has 4 rings (SSSR count). The number of rotatable bonds is 2. The third-order valence-corrected chi connectivity index (χ3v) is 4.63. The van der Waals surface area contributed by atoms with Crippen LogP contribution in [0.25, 0.3) is 21.9 Å². The van der Waals surface area contributed by atoms with E-state index in [4.69, 9.17) is 4.42 Å². The second kappa shape index (κ2) is 5.94. The zero-order valence-electron chi connectivity index (χ0n) is 13.0. The Morgan fingerprint density at radius 2 is 1.79 bits per heavy atom. The first-order chi connectivity index (χ1) is 11.6. The van der Waals surface area contributed by atoms with Crippen LogP contribution >= 0.6 is 22.6 Å². The van der Waals surface area contributed by atoms with Gasteiger partial charge < -0.3 is 9.52 Å². The Morgan fingerprint density at radius 3 is 2.67 bits per heavy atom. The number of nitrogens with zero attached hydrogens (tertiary/aromatic N) is 1. The van der Waals surface area contributed by atoms with Gasteiger partial charge in [-0.05, 0) is 65.4 Å². The molecule has 118 valence electrons. The number of furan rings is 1. The normalized spacial score (nSPS) is 11.8. The molecule has 0 bridgehead atoms. The number of aryl methyl sites for hydroxylation is 1. The lowest BCUT2D eigenvalue weighted by molar-refractivity contribution is 0.470. The molecule has 0 fully saturated rings. The Morgan fingerprint density at radius 1 is 1.00 bits per heavy atom. The Kier molecular flexibility index (Phi) is 3.76. The van der Waals surface area contributed by atoms with Gasteiger partial charge in [0.05, 0.1) is 5.69 Å². The highest BCUT2D eigenvalue weighted by atomic mass is 127. The van der Waals surface area contributed by atoms with Crippen molar-refractivity contribution in [3.63, 3.8) is 0 Å². The van der Waals surface area contributed by atoms with Gasteiger partial charge in [-0.3, -0.25) is 4.99 Å². The molecule has 0 spiro atoms. The molecule has 24 heavy (non-hydrogen) atoms. The number of phenolic OH excluding ortho intramolecular Hbond substituents is 1. The lowest BCUT2D eigenvalue weighted by Crippen LogP contribution is -1.87. The summed E-state index contributed by atoms with van der Waals surface area (Å²) in [5.41, 5.74) is 4.03. The lowest BCUT2D eigenvalue weighted by atomic mass is 10.1. The first kappa shape index (κ1) is 15.2. The van der Waals surface area contributed by atoms with Crippen molar-refractivity contribution in [3.8, 4) is 5.75 Å². The summed E-state index contributed by atoms with van der Waals surface area (Å²) in [6.45, 7) is 1.88. The van der Waals surface area contributed by atoms with E-state index in [1.165, 1.54) is 0 Å². The maximum atomic E-state index is 10.2. The Hall–Kier alpha value is -2.34. The Balaban J connectivity index is 1.76. The molecular formula is C20H14INO2. The minimum Gasteiger partial charge on any atom is -0.507 e. The van der Waals surface area contributed by atoms with Crippen molar-refractivity contribution in [3.05, 3.63) is 69.3 Å². The monoisotopic (exact) mass is 427 g/mol. The largest absolute Gasteiger partial charge is 0.507 e. The Bertz CT molecular complexity index is 1100. The number of halogens is 1. The fraction of sp³-hybridized carbons (Fsp3) is 0.0500. The van der Waals surface area contributed by atoms with Crippen molar-refractivity contribution in [2.45, 2.75) is 6.92 Å². The third-order valence-electron chi connectivity index (χ3n) is 4.01. The molecule has 0 atom stereocenters. The molecule has 1 aromatic heterocycles. The van der Waals surface area contributed by atoms with Crippen LogP contribution in [0, 0.1) is 10.5 Å². The van der Waals surface area contributed by atoms with Crippen molar-refractivity contribution in [1.82, 2.24) is 0 Å². The molecule has 0 saturated carbocycles. The van der Waals surface area contributed by atoms with Crippen LogP contribution in [0.3, 0.4) is 0 Å². The van der Waals surface area contributed by atoms with Crippen molar-refractivity contribution < 1.29 is 9.52 Å². The lowest BCUT2D eigenvalue weighted by Gasteiger charge is -2.04. The molecule has 4 aromatic rings. The van der Waals surface area contributed by atoms with Crippen molar-refractivity contribution in [2.24, 2.45) is 4.99 Å². The summed E-state index contributed by atoms with van der Waals surface area (Å²) in [5.74, 6) is 0.268. The van der Waals surface area contributed by atoms with E-state index < -0.39 is 0 Å². The van der Waals surface area contributed by atoms with E-state index in [1.54, 1.807) is 6.21 Å². The average molecular weight is 427 g/mol. The summed E-state index contributed by atoms with van der Waals surface area (Å²) in [5, 5.41) is 12.3. The molecule has 0 unspecified atom stereocenters. The van der Waals surface area contributed by atoms with Crippen LogP contribution in [-0.2, 0) is 0 Å². The number of aliphatic imine (C=N–C) groups is 1. The molecule has 0 amide bonds. The fourth-order valence-corrected chi connectivity index (χ4v) is 3.60. The van der Waals surface area contributed by atoms with Crippen molar-refractivity contribution >= 4 is 56.4 Å². The highest BCUT2D eigenvalue weighted by molar-refractivity contribution is 14.1. The quantitative estimate of drug-likeness (QED) is 0.317. The molecule has 1 heterocycles. The number of benzene rings is 3. The van der Waals surface area contributed by atoms with Gasteiger partial charge in [0.15, 0.2) is 0 Å². The van der Waals surface area contributed by atoms with Gasteiger partial charge in [-0.25, -0.2) is 0 Å². The minimum absolute atomic E-state index is 0.268. The summed E-state index contributed by atoms with van der Waals surface area (Å²) in [4.78, 5) is 4.49. The standard InChI is InChI=1S/C20H14INO2/c1-12-8-14(21)9-13(20(12)23)11-22-15-6-7-17-16-4-2-3-5-18(16)24-19(17)10-15/h2-11,23H,1H3. The number of phenols is 1. The van der Waals surface area contributed by atoms with E-state index in [0.29, 0.717) is 5.56 Å². The van der Waals surface area contributed by atoms with Crippen LogP contribution in [-0.4, -0.2) is 11.3 Å². The predicted octanol–water partition coefficient (Wildman–Crippen LogP) is 5.96. The maximum Gasteiger partial charge on any atom is 0.137 e. The third kappa shape index (κ3) is 2.67. The van der Waals surface area contributed by atoms with Gasteiger partial charge in [-0.15, -0.1) is 0 Å². The molecule has 0 aliphatic heterocycles. The van der Waals surface area contributed by atoms with Gasteiger partial charge in [0, 0.05) is 32.2 Å². The summed E-state index contributed by atoms with van der Waals surface area (Å²) in [6.07, 6.45) is 1.69. The van der Waals surface area contributed by atoms with Gasteiger partial charge in [0.2, 0.25) is 0 Å². The molecule has 3 aromatic carbocycles. The topological polar surface area (TPSA) is 45.7 Å². The highest BCUT2D eigenvalue weighted by Crippen LogP contribution is 2.31. The zero-order chi connectivity index (χ0) is 16.7. The van der Waals surface area contributed by atoms with Crippen LogP contribution in [0.4, 0.5) is 5.69 Å². The van der Waals surface area contributed by atoms with Crippen LogP contribution in [0.15, 0.2) is 64.0 Å². The highest BCUT2D eigenvalue weighted by Gasteiger charge is 2.07. The van der Waals surface area contributed by atoms with E-state index in [9.17, 15) is 5.11 Å². The summed E-state index contributed by atoms with van der Waals surface area (Å²) in [6, 6.07) is 17.7. The summed E-state index contributed by atoms with van der Waals surface area (Å²) < 4.78 is 6.95. The van der Waals surface area contributed by atoms with Crippen molar-refractivity contribution in [2.75, 3.05) is 0 Å². The van der Waals surface area contributed by atoms with Gasteiger partial charge >= 0.3 is 0 Å². The number of fused-ring (bicyclic) bond motifs is 3. The SMILES string of the molecule is Cc1cc(I)cc(C=Nc2ccc3c(c2)oc2ccccc23)c1O. The molecule has 4 heteroatoms. The maximum absolute atomic E-state index is 10.2. The first-order valence-corrected chi connectivity index (χ1v) is 8.64. The molecule has 0 aliphatic carbocycles. The summed E-state index contributed by atoms with van der Waals surface area (Å²) in [7, 11) is 0. The van der Waals surface area contributed by atoms with Gasteiger partial charge in [0.25, 0.3) is 0 Å². The van der Waals surface area contributed by atoms with Crippen LogP contribution in [0.5, 0.6) is 5.75 Å². The Labute approximate surface area is 152 Å². The first-order valence-electron chi connectivity index (χ1n) is 7.56.